The molecule has 134 valence electrons. The van der Waals surface area contributed by atoms with Crippen molar-refractivity contribution < 1.29 is 14.2 Å². The molecule has 0 aliphatic carbocycles. The molecule has 0 spiro atoms. The lowest BCUT2D eigenvalue weighted by molar-refractivity contribution is 0.0525. The zero-order chi connectivity index (χ0) is 17.5. The summed E-state index contributed by atoms with van der Waals surface area (Å²) >= 11 is 0. The van der Waals surface area contributed by atoms with E-state index in [-0.39, 0.29) is 5.41 Å². The highest BCUT2D eigenvalue weighted by molar-refractivity contribution is 5.26. The number of piperidine rings is 1. The monoisotopic (exact) mass is 343 g/mol. The lowest BCUT2D eigenvalue weighted by Crippen LogP contribution is -2.43. The van der Waals surface area contributed by atoms with Crippen LogP contribution in [-0.2, 0) is 16.8 Å². The minimum atomic E-state index is 0.0372. The second-order valence-corrected chi connectivity index (χ2v) is 6.26. The van der Waals surface area contributed by atoms with E-state index in [0.717, 1.165) is 25.9 Å². The molecule has 0 saturated carbocycles. The molecule has 1 saturated heterocycles. The van der Waals surface area contributed by atoms with Crippen molar-refractivity contribution in [2.24, 2.45) is 0 Å². The Morgan fingerprint density at radius 2 is 1.64 bits per heavy atom. The fourth-order valence-electron chi connectivity index (χ4n) is 3.27. The number of aromatic nitrogens is 2. The Bertz CT molecular complexity index is 651. The van der Waals surface area contributed by atoms with Gasteiger partial charge in [0.05, 0.1) is 26.9 Å². The van der Waals surface area contributed by atoms with Crippen LogP contribution in [0.4, 0.5) is 0 Å². The Balaban J connectivity index is 1.70. The van der Waals surface area contributed by atoms with Crippen molar-refractivity contribution in [3.05, 3.63) is 47.8 Å². The summed E-state index contributed by atoms with van der Waals surface area (Å²) in [7, 11) is 3.15. The number of nitrogens with one attached hydrogen (secondary N) is 1. The van der Waals surface area contributed by atoms with Crippen molar-refractivity contribution in [3.63, 3.8) is 0 Å². The van der Waals surface area contributed by atoms with Crippen molar-refractivity contribution in [2.45, 2.75) is 24.9 Å². The van der Waals surface area contributed by atoms with Gasteiger partial charge in [0.15, 0.2) is 5.82 Å². The molecule has 0 radical (unpaired) electrons. The smallest absolute Gasteiger partial charge is 0.220 e. The van der Waals surface area contributed by atoms with Gasteiger partial charge in [-0.1, -0.05) is 30.3 Å². The molecular weight excluding hydrogens is 318 g/mol. The minimum absolute atomic E-state index is 0.0372. The molecule has 1 aliphatic rings. The molecule has 2 heterocycles. The van der Waals surface area contributed by atoms with Crippen molar-refractivity contribution >= 4 is 0 Å². The number of nitrogens with zero attached hydrogens (tertiary/aromatic N) is 2. The van der Waals surface area contributed by atoms with Crippen molar-refractivity contribution in [2.75, 3.05) is 33.9 Å². The van der Waals surface area contributed by atoms with E-state index in [0.29, 0.717) is 30.8 Å². The fraction of sp³-hybridized carbons (Fsp3) is 0.474. The molecule has 3 rings (SSSR count). The number of ether oxygens (including phenoxy) is 3. The van der Waals surface area contributed by atoms with Crippen molar-refractivity contribution in [1.29, 1.82) is 0 Å². The summed E-state index contributed by atoms with van der Waals surface area (Å²) < 4.78 is 16.4. The topological polar surface area (TPSA) is 65.5 Å². The second-order valence-electron chi connectivity index (χ2n) is 6.26. The van der Waals surface area contributed by atoms with Crippen LogP contribution in [0.15, 0.2) is 36.4 Å². The lowest BCUT2D eigenvalue weighted by Gasteiger charge is -2.38. The largest absolute Gasteiger partial charge is 0.481 e. The van der Waals surface area contributed by atoms with Crippen LogP contribution in [-0.4, -0.2) is 43.9 Å². The highest BCUT2D eigenvalue weighted by atomic mass is 16.5. The van der Waals surface area contributed by atoms with Crippen LogP contribution in [0.2, 0.25) is 0 Å². The van der Waals surface area contributed by atoms with E-state index < -0.39 is 0 Å². The molecular formula is C19H25N3O3. The predicted octanol–water partition coefficient (Wildman–Crippen LogP) is 2.33. The minimum Gasteiger partial charge on any atom is -0.481 e. The molecule has 1 aromatic carbocycles. The molecule has 1 aliphatic heterocycles. The molecule has 0 bridgehead atoms. The van der Waals surface area contributed by atoms with Crippen LogP contribution >= 0.6 is 0 Å². The Morgan fingerprint density at radius 1 is 1.00 bits per heavy atom. The Hall–Kier alpha value is -2.18. The molecule has 6 nitrogen and oxygen atoms in total. The first kappa shape index (κ1) is 17.6. The Labute approximate surface area is 148 Å². The average Bonchev–Trinajstić information content (AvgIpc) is 2.69. The summed E-state index contributed by atoms with van der Waals surface area (Å²) in [5.74, 6) is 1.52. The third kappa shape index (κ3) is 4.27. The van der Waals surface area contributed by atoms with Gasteiger partial charge in [0, 0.05) is 5.41 Å². The molecule has 0 atom stereocenters. The lowest BCUT2D eigenvalue weighted by atomic mass is 9.74. The van der Waals surface area contributed by atoms with Crippen LogP contribution in [0, 0.1) is 0 Å². The quantitative estimate of drug-likeness (QED) is 0.832. The van der Waals surface area contributed by atoms with Gasteiger partial charge in [-0.25, -0.2) is 0 Å². The number of benzene rings is 1. The van der Waals surface area contributed by atoms with Crippen LogP contribution < -0.4 is 14.8 Å². The van der Waals surface area contributed by atoms with Crippen molar-refractivity contribution in [1.82, 2.24) is 15.3 Å². The maximum Gasteiger partial charge on any atom is 0.220 e. The van der Waals surface area contributed by atoms with Crippen LogP contribution in [0.25, 0.3) is 0 Å². The second kappa shape index (κ2) is 8.27. The number of rotatable bonds is 7. The SMILES string of the molecule is COc1cc(OC)nc(COCC2(c3ccccc3)CCNCC2)n1. The standard InChI is InChI=1S/C19H25N3O3/c1-23-17-12-18(24-2)22-16(21-17)13-25-14-19(8-10-20-11-9-19)15-6-4-3-5-7-15/h3-7,12,20H,8-11,13-14H2,1-2H3. The number of hydrogen-bond acceptors (Lipinski definition) is 6. The zero-order valence-electron chi connectivity index (χ0n) is 14.8. The van der Waals surface area contributed by atoms with Crippen molar-refractivity contribution in [3.8, 4) is 11.8 Å². The summed E-state index contributed by atoms with van der Waals surface area (Å²) in [6.45, 7) is 2.97. The number of hydrogen-bond donors (Lipinski definition) is 1. The summed E-state index contributed by atoms with van der Waals surface area (Å²) in [5, 5.41) is 3.43. The number of methoxy groups -OCH3 is 2. The molecule has 0 unspecified atom stereocenters. The third-order valence-corrected chi connectivity index (χ3v) is 4.70. The Kier molecular flexibility index (Phi) is 5.83. The summed E-state index contributed by atoms with van der Waals surface area (Å²) in [6, 6.07) is 12.3. The van der Waals surface area contributed by atoms with Gasteiger partial charge in [-0.05, 0) is 31.5 Å². The molecule has 1 N–H and O–H groups in total. The first-order chi connectivity index (χ1) is 12.3. The molecule has 1 aromatic heterocycles. The highest BCUT2D eigenvalue weighted by Gasteiger charge is 2.34. The van der Waals surface area contributed by atoms with E-state index in [1.165, 1.54) is 5.56 Å². The van der Waals surface area contributed by atoms with E-state index in [1.807, 2.05) is 0 Å². The summed E-state index contributed by atoms with van der Waals surface area (Å²) in [6.07, 6.45) is 2.11. The van der Waals surface area contributed by atoms with Gasteiger partial charge in [-0.3, -0.25) is 0 Å². The summed E-state index contributed by atoms with van der Waals surface area (Å²) in [4.78, 5) is 8.65. The average molecular weight is 343 g/mol. The summed E-state index contributed by atoms with van der Waals surface area (Å²) in [5.41, 5.74) is 1.37. The zero-order valence-corrected chi connectivity index (χ0v) is 14.8. The van der Waals surface area contributed by atoms with Gasteiger partial charge >= 0.3 is 0 Å². The van der Waals surface area contributed by atoms with Gasteiger partial charge in [-0.2, -0.15) is 9.97 Å². The predicted molar refractivity (Wildman–Crippen MR) is 95.0 cm³/mol. The molecule has 6 heteroatoms. The van der Waals surface area contributed by atoms with Crippen LogP contribution in [0.3, 0.4) is 0 Å². The first-order valence-electron chi connectivity index (χ1n) is 8.56. The normalized spacial score (nSPS) is 16.4. The maximum atomic E-state index is 6.05. The molecule has 2 aromatic rings. The van der Waals surface area contributed by atoms with Gasteiger partial charge in [-0.15, -0.1) is 0 Å². The van der Waals surface area contributed by atoms with Gasteiger partial charge in [0.2, 0.25) is 11.8 Å². The first-order valence-corrected chi connectivity index (χ1v) is 8.56. The highest BCUT2D eigenvalue weighted by Crippen LogP contribution is 2.34. The maximum absolute atomic E-state index is 6.05. The van der Waals surface area contributed by atoms with Gasteiger partial charge in [0.1, 0.15) is 6.61 Å². The van der Waals surface area contributed by atoms with Crippen LogP contribution in [0.5, 0.6) is 11.8 Å². The molecule has 0 amide bonds. The van der Waals surface area contributed by atoms with Gasteiger partial charge < -0.3 is 19.5 Å². The molecule has 25 heavy (non-hydrogen) atoms. The fourth-order valence-corrected chi connectivity index (χ4v) is 3.27. The van der Waals surface area contributed by atoms with E-state index in [1.54, 1.807) is 20.3 Å². The van der Waals surface area contributed by atoms with E-state index >= 15 is 0 Å². The van der Waals surface area contributed by atoms with E-state index in [4.69, 9.17) is 14.2 Å². The van der Waals surface area contributed by atoms with Crippen LogP contribution in [0.1, 0.15) is 24.2 Å². The van der Waals surface area contributed by atoms with Gasteiger partial charge in [0.25, 0.3) is 0 Å². The third-order valence-electron chi connectivity index (χ3n) is 4.70. The molecule has 1 fully saturated rings. The Morgan fingerprint density at radius 3 is 2.24 bits per heavy atom. The van der Waals surface area contributed by atoms with E-state index in [2.05, 4.69) is 45.6 Å². The van der Waals surface area contributed by atoms with E-state index in [9.17, 15) is 0 Å².